The first-order valence-corrected chi connectivity index (χ1v) is 5.10. The van der Waals surface area contributed by atoms with Crippen LogP contribution in [0.5, 0.6) is 0 Å². The van der Waals surface area contributed by atoms with Crippen LogP contribution in [0, 0.1) is 5.92 Å². The monoisotopic (exact) mass is 185 g/mol. The van der Waals surface area contributed by atoms with Gasteiger partial charge in [-0.05, 0) is 20.0 Å². The van der Waals surface area contributed by atoms with Crippen molar-refractivity contribution in [1.82, 2.24) is 9.80 Å². The van der Waals surface area contributed by atoms with Crippen molar-refractivity contribution in [3.05, 3.63) is 0 Å². The Labute approximate surface area is 81.9 Å². The van der Waals surface area contributed by atoms with Crippen molar-refractivity contribution in [3.8, 4) is 0 Å². The van der Waals surface area contributed by atoms with Crippen LogP contribution in [0.1, 0.15) is 13.8 Å². The summed E-state index contributed by atoms with van der Waals surface area (Å²) >= 11 is 0. The Kier molecular flexibility index (Phi) is 3.33. The number of nitrogens with two attached hydrogens (primary N) is 1. The fourth-order valence-electron chi connectivity index (χ4n) is 1.65. The molecule has 1 fully saturated rings. The van der Waals surface area contributed by atoms with Crippen molar-refractivity contribution >= 4 is 0 Å². The van der Waals surface area contributed by atoms with E-state index in [1.807, 2.05) is 0 Å². The molecule has 0 unspecified atom stereocenters. The van der Waals surface area contributed by atoms with Crippen LogP contribution in [-0.4, -0.2) is 55.6 Å². The zero-order chi connectivity index (χ0) is 10.1. The molecule has 0 spiro atoms. The number of likely N-dealkylation sites (N-methyl/N-ethyl adjacent to an activating group) is 1. The predicted molar refractivity (Wildman–Crippen MR) is 56.8 cm³/mol. The Hall–Kier alpha value is -0.120. The van der Waals surface area contributed by atoms with E-state index in [-0.39, 0.29) is 5.54 Å². The van der Waals surface area contributed by atoms with Crippen molar-refractivity contribution in [1.29, 1.82) is 0 Å². The molecular formula is C10H23N3. The zero-order valence-electron chi connectivity index (χ0n) is 9.38. The van der Waals surface area contributed by atoms with Gasteiger partial charge in [-0.3, -0.25) is 4.90 Å². The highest BCUT2D eigenvalue weighted by atomic mass is 15.3. The van der Waals surface area contributed by atoms with Crippen LogP contribution in [0.25, 0.3) is 0 Å². The minimum Gasteiger partial charge on any atom is -0.323 e. The normalized spacial score (nSPS) is 22.4. The maximum absolute atomic E-state index is 6.19. The smallest absolute Gasteiger partial charge is 0.0435 e. The Morgan fingerprint density at radius 1 is 1.38 bits per heavy atom. The van der Waals surface area contributed by atoms with Gasteiger partial charge in [-0.1, -0.05) is 13.8 Å². The molecule has 0 radical (unpaired) electrons. The molecule has 0 aliphatic carbocycles. The van der Waals surface area contributed by atoms with Crippen LogP contribution in [0.3, 0.4) is 0 Å². The molecule has 3 nitrogen and oxygen atoms in total. The maximum atomic E-state index is 6.19. The predicted octanol–water partition coefficient (Wildman–Crippen LogP) is 0.217. The van der Waals surface area contributed by atoms with Gasteiger partial charge in [-0.2, -0.15) is 0 Å². The summed E-state index contributed by atoms with van der Waals surface area (Å²) in [6, 6.07) is 0. The summed E-state index contributed by atoms with van der Waals surface area (Å²) in [4.78, 5) is 4.64. The minimum absolute atomic E-state index is 0.0896. The standard InChI is InChI=1S/C10H23N3/c1-9(2)10(11)7-13(8-10)6-5-12(3)4/h9H,5-8,11H2,1-4H3. The van der Waals surface area contributed by atoms with Crippen LogP contribution in [0.15, 0.2) is 0 Å². The number of rotatable bonds is 4. The van der Waals surface area contributed by atoms with Gasteiger partial charge in [0, 0.05) is 31.7 Å². The Balaban J connectivity index is 2.18. The second kappa shape index (κ2) is 3.95. The van der Waals surface area contributed by atoms with Gasteiger partial charge in [0.2, 0.25) is 0 Å². The average molecular weight is 185 g/mol. The molecule has 2 N–H and O–H groups in total. The second-order valence-electron chi connectivity index (χ2n) is 4.90. The lowest BCUT2D eigenvalue weighted by molar-refractivity contribution is 0.0335. The number of likely N-dealkylation sites (tertiary alicyclic amines) is 1. The molecule has 3 heteroatoms. The lowest BCUT2D eigenvalue weighted by Crippen LogP contribution is -2.70. The summed E-state index contributed by atoms with van der Waals surface area (Å²) in [6.45, 7) is 8.84. The van der Waals surface area contributed by atoms with Crippen molar-refractivity contribution in [3.63, 3.8) is 0 Å². The molecule has 1 saturated heterocycles. The van der Waals surface area contributed by atoms with Gasteiger partial charge >= 0.3 is 0 Å². The van der Waals surface area contributed by atoms with Gasteiger partial charge in [0.25, 0.3) is 0 Å². The second-order valence-corrected chi connectivity index (χ2v) is 4.90. The van der Waals surface area contributed by atoms with Gasteiger partial charge in [-0.15, -0.1) is 0 Å². The average Bonchev–Trinajstić information content (AvgIpc) is 1.95. The molecule has 1 heterocycles. The van der Waals surface area contributed by atoms with Crippen LogP contribution < -0.4 is 5.73 Å². The fourth-order valence-corrected chi connectivity index (χ4v) is 1.65. The molecule has 1 aliphatic rings. The van der Waals surface area contributed by atoms with Crippen molar-refractivity contribution in [2.24, 2.45) is 11.7 Å². The molecule has 1 rings (SSSR count). The Morgan fingerprint density at radius 3 is 2.31 bits per heavy atom. The number of hydrogen-bond donors (Lipinski definition) is 1. The molecule has 0 aromatic rings. The van der Waals surface area contributed by atoms with E-state index >= 15 is 0 Å². The third-order valence-electron chi connectivity index (χ3n) is 3.05. The first kappa shape index (κ1) is 11.0. The van der Waals surface area contributed by atoms with E-state index in [0.717, 1.165) is 26.2 Å². The topological polar surface area (TPSA) is 32.5 Å². The summed E-state index contributed by atoms with van der Waals surface area (Å²) < 4.78 is 0. The molecule has 0 saturated carbocycles. The van der Waals surface area contributed by atoms with Crippen molar-refractivity contribution in [2.45, 2.75) is 19.4 Å². The van der Waals surface area contributed by atoms with E-state index in [2.05, 4.69) is 37.7 Å². The SMILES string of the molecule is CC(C)C1(N)CN(CCN(C)C)C1. The summed E-state index contributed by atoms with van der Waals surface area (Å²) in [5, 5.41) is 0. The van der Waals surface area contributed by atoms with Gasteiger partial charge in [0.1, 0.15) is 0 Å². The zero-order valence-corrected chi connectivity index (χ0v) is 9.38. The largest absolute Gasteiger partial charge is 0.323 e. The summed E-state index contributed by atoms with van der Waals surface area (Å²) in [5.41, 5.74) is 6.28. The highest BCUT2D eigenvalue weighted by Gasteiger charge is 2.41. The summed E-state index contributed by atoms with van der Waals surface area (Å²) in [7, 11) is 4.22. The molecule has 0 amide bonds. The minimum atomic E-state index is 0.0896. The lowest BCUT2D eigenvalue weighted by Gasteiger charge is -2.50. The van der Waals surface area contributed by atoms with E-state index in [0.29, 0.717) is 5.92 Å². The molecule has 78 valence electrons. The molecule has 0 aromatic carbocycles. The highest BCUT2D eigenvalue weighted by molar-refractivity contribution is 5.01. The van der Waals surface area contributed by atoms with Gasteiger partial charge in [0.15, 0.2) is 0 Å². The molecule has 13 heavy (non-hydrogen) atoms. The van der Waals surface area contributed by atoms with Crippen LogP contribution in [-0.2, 0) is 0 Å². The molecular weight excluding hydrogens is 162 g/mol. The van der Waals surface area contributed by atoms with E-state index in [1.165, 1.54) is 0 Å². The Bertz CT molecular complexity index is 160. The molecule has 1 aliphatic heterocycles. The number of nitrogens with zero attached hydrogens (tertiary/aromatic N) is 2. The quantitative estimate of drug-likeness (QED) is 0.680. The van der Waals surface area contributed by atoms with Gasteiger partial charge in [0.05, 0.1) is 0 Å². The first-order chi connectivity index (χ1) is 5.94. The lowest BCUT2D eigenvalue weighted by atomic mass is 9.80. The van der Waals surface area contributed by atoms with E-state index in [4.69, 9.17) is 5.73 Å². The maximum Gasteiger partial charge on any atom is 0.0435 e. The van der Waals surface area contributed by atoms with Gasteiger partial charge < -0.3 is 10.6 Å². The Morgan fingerprint density at radius 2 is 1.92 bits per heavy atom. The van der Waals surface area contributed by atoms with Gasteiger partial charge in [-0.25, -0.2) is 0 Å². The van der Waals surface area contributed by atoms with Crippen molar-refractivity contribution < 1.29 is 0 Å². The van der Waals surface area contributed by atoms with Crippen LogP contribution >= 0.6 is 0 Å². The third kappa shape index (κ3) is 2.66. The van der Waals surface area contributed by atoms with Crippen molar-refractivity contribution in [2.75, 3.05) is 40.3 Å². The van der Waals surface area contributed by atoms with E-state index in [9.17, 15) is 0 Å². The molecule has 0 aromatic heterocycles. The highest BCUT2D eigenvalue weighted by Crippen LogP contribution is 2.25. The molecule has 0 atom stereocenters. The first-order valence-electron chi connectivity index (χ1n) is 5.10. The number of hydrogen-bond acceptors (Lipinski definition) is 3. The van der Waals surface area contributed by atoms with E-state index in [1.54, 1.807) is 0 Å². The van der Waals surface area contributed by atoms with E-state index < -0.39 is 0 Å². The summed E-state index contributed by atoms with van der Waals surface area (Å²) in [5.74, 6) is 0.600. The van der Waals surface area contributed by atoms with Crippen LogP contribution in [0.2, 0.25) is 0 Å². The third-order valence-corrected chi connectivity index (χ3v) is 3.05. The summed E-state index contributed by atoms with van der Waals surface area (Å²) in [6.07, 6.45) is 0. The fraction of sp³-hybridized carbons (Fsp3) is 1.00. The molecule has 0 bridgehead atoms. The van der Waals surface area contributed by atoms with Crippen LogP contribution in [0.4, 0.5) is 0 Å².